The Morgan fingerprint density at radius 3 is 2.50 bits per heavy atom. The maximum atomic E-state index is 13.4. The molecule has 0 aromatic heterocycles. The number of thioether (sulfide) groups is 1. The largest absolute Gasteiger partial charge is 0.311 e. The van der Waals surface area contributed by atoms with E-state index in [0.29, 0.717) is 23.0 Å². The molecule has 8 heteroatoms. The molecule has 0 unspecified atom stereocenters. The van der Waals surface area contributed by atoms with Crippen molar-refractivity contribution in [3.05, 3.63) is 63.8 Å². The summed E-state index contributed by atoms with van der Waals surface area (Å²) in [5.41, 5.74) is 1.62. The van der Waals surface area contributed by atoms with Crippen molar-refractivity contribution in [2.45, 2.75) is 0 Å². The van der Waals surface area contributed by atoms with Gasteiger partial charge in [-0.3, -0.25) is 14.4 Å². The number of halogens is 2. The van der Waals surface area contributed by atoms with Gasteiger partial charge in [0.2, 0.25) is 0 Å². The van der Waals surface area contributed by atoms with E-state index in [-0.39, 0.29) is 27.1 Å². The number of anilines is 2. The van der Waals surface area contributed by atoms with Crippen LogP contribution in [0.4, 0.5) is 20.6 Å². The van der Waals surface area contributed by atoms with Crippen LogP contribution in [0.3, 0.4) is 0 Å². The lowest BCUT2D eigenvalue weighted by Gasteiger charge is -2.13. The molecule has 0 atom stereocenters. The predicted octanol–water partition coefficient (Wildman–Crippen LogP) is 4.07. The first-order chi connectivity index (χ1) is 12.4. The molecule has 1 saturated heterocycles. The third-order valence-corrected chi connectivity index (χ3v) is 5.44. The van der Waals surface area contributed by atoms with Gasteiger partial charge in [0.1, 0.15) is 5.82 Å². The van der Waals surface area contributed by atoms with Crippen LogP contribution in [0.5, 0.6) is 0 Å². The fourth-order valence-electron chi connectivity index (χ4n) is 2.96. The summed E-state index contributed by atoms with van der Waals surface area (Å²) in [5.74, 6) is -1.63. The minimum absolute atomic E-state index is 0.0530. The highest BCUT2D eigenvalue weighted by molar-refractivity contribution is 8.19. The molecule has 26 heavy (non-hydrogen) atoms. The number of carbonyl (C=O) groups is 3. The van der Waals surface area contributed by atoms with Gasteiger partial charge in [-0.2, -0.15) is 0 Å². The Hall–Kier alpha value is -2.64. The minimum Gasteiger partial charge on any atom is -0.311 e. The summed E-state index contributed by atoms with van der Waals surface area (Å²) in [6.45, 7) is 0. The molecule has 2 aromatic carbocycles. The Kier molecular flexibility index (Phi) is 3.86. The van der Waals surface area contributed by atoms with E-state index in [1.807, 2.05) is 0 Å². The fourth-order valence-corrected chi connectivity index (χ4v) is 4.06. The maximum absolute atomic E-state index is 13.4. The minimum atomic E-state index is -0.651. The van der Waals surface area contributed by atoms with Crippen LogP contribution in [0, 0.1) is 5.82 Å². The van der Waals surface area contributed by atoms with Crippen LogP contribution in [0.25, 0.3) is 5.57 Å². The van der Waals surface area contributed by atoms with E-state index >= 15 is 0 Å². The Balaban J connectivity index is 1.84. The van der Waals surface area contributed by atoms with Gasteiger partial charge in [0, 0.05) is 12.6 Å². The summed E-state index contributed by atoms with van der Waals surface area (Å²) >= 11 is 6.44. The highest BCUT2D eigenvalue weighted by Crippen LogP contribution is 2.45. The van der Waals surface area contributed by atoms with Gasteiger partial charge in [-0.25, -0.2) is 9.29 Å². The standard InChI is InChI=1S/C18H10ClFN2O3S/c1-21-13-5-3-2-4-10(13)14(16(21)23)15-17(24)22(18(25)26-15)9-6-7-12(20)11(19)8-9/h2-8H,1H3/b15-14-. The number of benzene rings is 2. The van der Waals surface area contributed by atoms with Gasteiger partial charge >= 0.3 is 0 Å². The number of rotatable bonds is 1. The van der Waals surface area contributed by atoms with Crippen LogP contribution in [0.2, 0.25) is 5.02 Å². The van der Waals surface area contributed by atoms with E-state index in [1.54, 1.807) is 31.3 Å². The van der Waals surface area contributed by atoms with E-state index in [4.69, 9.17) is 11.6 Å². The van der Waals surface area contributed by atoms with Crippen LogP contribution in [-0.2, 0) is 9.59 Å². The van der Waals surface area contributed by atoms with Crippen molar-refractivity contribution in [1.82, 2.24) is 0 Å². The van der Waals surface area contributed by atoms with E-state index in [1.165, 1.54) is 17.0 Å². The molecular formula is C18H10ClFN2O3S. The quantitative estimate of drug-likeness (QED) is 0.691. The number of fused-ring (bicyclic) bond motifs is 1. The van der Waals surface area contributed by atoms with Gasteiger partial charge in [0.05, 0.1) is 26.9 Å². The van der Waals surface area contributed by atoms with Gasteiger partial charge in [-0.1, -0.05) is 29.8 Å². The SMILES string of the molecule is CN1C(=O)/C(=C2\SC(=O)N(c3ccc(F)c(Cl)c3)C2=O)c2ccccc21. The Morgan fingerprint density at radius 2 is 1.77 bits per heavy atom. The number of imide groups is 1. The normalized spacial score (nSPS) is 19.6. The van der Waals surface area contributed by atoms with Crippen molar-refractivity contribution in [3.63, 3.8) is 0 Å². The number of para-hydroxylation sites is 1. The number of nitrogens with zero attached hydrogens (tertiary/aromatic N) is 2. The van der Waals surface area contributed by atoms with Crippen molar-refractivity contribution < 1.29 is 18.8 Å². The van der Waals surface area contributed by atoms with Gasteiger partial charge in [0.15, 0.2) is 0 Å². The molecule has 5 nitrogen and oxygen atoms in total. The van der Waals surface area contributed by atoms with Gasteiger partial charge in [0.25, 0.3) is 17.1 Å². The molecule has 2 heterocycles. The van der Waals surface area contributed by atoms with Crippen molar-refractivity contribution in [2.75, 3.05) is 16.8 Å². The molecule has 2 aromatic rings. The second-order valence-electron chi connectivity index (χ2n) is 5.69. The van der Waals surface area contributed by atoms with Crippen molar-refractivity contribution in [1.29, 1.82) is 0 Å². The first-order valence-corrected chi connectivity index (χ1v) is 8.72. The van der Waals surface area contributed by atoms with E-state index < -0.39 is 17.0 Å². The summed E-state index contributed by atoms with van der Waals surface area (Å²) < 4.78 is 13.4. The van der Waals surface area contributed by atoms with Crippen molar-refractivity contribution in [3.8, 4) is 0 Å². The molecule has 130 valence electrons. The Bertz CT molecular complexity index is 1040. The molecule has 3 amide bonds. The highest BCUT2D eigenvalue weighted by atomic mass is 35.5. The van der Waals surface area contributed by atoms with Crippen LogP contribution in [0.15, 0.2) is 47.4 Å². The second kappa shape index (κ2) is 5.96. The van der Waals surface area contributed by atoms with Crippen molar-refractivity contribution >= 4 is 57.4 Å². The summed E-state index contributed by atoms with van der Waals surface area (Å²) in [5, 5.41) is -0.767. The lowest BCUT2D eigenvalue weighted by Crippen LogP contribution is -2.28. The maximum Gasteiger partial charge on any atom is 0.298 e. The van der Waals surface area contributed by atoms with Crippen LogP contribution in [-0.4, -0.2) is 24.1 Å². The first kappa shape index (κ1) is 16.8. The third kappa shape index (κ3) is 2.35. The van der Waals surface area contributed by atoms with Gasteiger partial charge < -0.3 is 4.90 Å². The Labute approximate surface area is 157 Å². The average molecular weight is 389 g/mol. The van der Waals surface area contributed by atoms with E-state index in [9.17, 15) is 18.8 Å². The van der Waals surface area contributed by atoms with Gasteiger partial charge in [-0.15, -0.1) is 0 Å². The zero-order chi connectivity index (χ0) is 18.6. The third-order valence-electron chi connectivity index (χ3n) is 4.21. The number of amides is 3. The van der Waals surface area contributed by atoms with Gasteiger partial charge in [-0.05, 0) is 36.0 Å². The molecule has 0 aliphatic carbocycles. The van der Waals surface area contributed by atoms with Crippen LogP contribution in [0.1, 0.15) is 5.56 Å². The predicted molar refractivity (Wildman–Crippen MR) is 98.7 cm³/mol. The molecule has 1 fully saturated rings. The smallest absolute Gasteiger partial charge is 0.298 e. The summed E-state index contributed by atoms with van der Waals surface area (Å²) in [6.07, 6.45) is 0. The molecule has 0 radical (unpaired) electrons. The van der Waals surface area contributed by atoms with Crippen LogP contribution >= 0.6 is 23.4 Å². The Morgan fingerprint density at radius 1 is 1.04 bits per heavy atom. The summed E-state index contributed by atoms with van der Waals surface area (Å²) in [7, 11) is 1.61. The zero-order valence-electron chi connectivity index (χ0n) is 13.3. The van der Waals surface area contributed by atoms with Crippen molar-refractivity contribution in [2.24, 2.45) is 0 Å². The average Bonchev–Trinajstić information content (AvgIpc) is 3.04. The molecule has 0 saturated carbocycles. The number of hydrogen-bond acceptors (Lipinski definition) is 4. The highest BCUT2D eigenvalue weighted by Gasteiger charge is 2.43. The zero-order valence-corrected chi connectivity index (χ0v) is 14.9. The number of carbonyl (C=O) groups excluding carboxylic acids is 3. The molecular weight excluding hydrogens is 379 g/mol. The lowest BCUT2D eigenvalue weighted by atomic mass is 10.1. The van der Waals surface area contributed by atoms with Crippen LogP contribution < -0.4 is 9.80 Å². The number of hydrogen-bond donors (Lipinski definition) is 0. The summed E-state index contributed by atoms with van der Waals surface area (Å²) in [6, 6.07) is 10.6. The lowest BCUT2D eigenvalue weighted by molar-refractivity contribution is -0.115. The summed E-state index contributed by atoms with van der Waals surface area (Å²) in [4.78, 5) is 40.3. The molecule has 0 spiro atoms. The molecule has 2 aliphatic heterocycles. The van der Waals surface area contributed by atoms with E-state index in [0.717, 1.165) is 11.0 Å². The number of likely N-dealkylation sites (N-methyl/N-ethyl adjacent to an activating group) is 1. The molecule has 4 rings (SSSR count). The fraction of sp³-hybridized carbons (Fsp3) is 0.0556. The molecule has 0 N–H and O–H groups in total. The topological polar surface area (TPSA) is 57.7 Å². The molecule has 2 aliphatic rings. The first-order valence-electron chi connectivity index (χ1n) is 7.53. The monoisotopic (exact) mass is 388 g/mol. The van der Waals surface area contributed by atoms with E-state index in [2.05, 4.69) is 0 Å². The molecule has 0 bridgehead atoms. The second-order valence-corrected chi connectivity index (χ2v) is 7.06.